The molecular formula is C23H24N6O2S2. The third kappa shape index (κ3) is 5.91. The van der Waals surface area contributed by atoms with Crippen LogP contribution in [0.2, 0.25) is 0 Å². The predicted octanol–water partition coefficient (Wildman–Crippen LogP) is 4.77. The monoisotopic (exact) mass is 480 g/mol. The first-order valence-corrected chi connectivity index (χ1v) is 12.3. The highest BCUT2D eigenvalue weighted by atomic mass is 32.2. The van der Waals surface area contributed by atoms with Crippen molar-refractivity contribution in [3.63, 3.8) is 0 Å². The summed E-state index contributed by atoms with van der Waals surface area (Å²) >= 11 is 2.92. The molecule has 0 fully saturated rings. The molecule has 0 saturated carbocycles. The van der Waals surface area contributed by atoms with E-state index in [4.69, 9.17) is 4.74 Å². The number of carbonyl (C=O) groups is 1. The van der Waals surface area contributed by atoms with Gasteiger partial charge in [-0.05, 0) is 31.2 Å². The van der Waals surface area contributed by atoms with Crippen molar-refractivity contribution in [3.05, 3.63) is 65.8 Å². The number of thioether (sulfide) groups is 1. The van der Waals surface area contributed by atoms with Crippen LogP contribution in [0.1, 0.15) is 12.7 Å². The Balaban J connectivity index is 1.32. The van der Waals surface area contributed by atoms with E-state index in [0.717, 1.165) is 33.7 Å². The topological polar surface area (TPSA) is 94.0 Å². The van der Waals surface area contributed by atoms with E-state index in [9.17, 15) is 4.79 Å². The molecule has 0 saturated heterocycles. The summed E-state index contributed by atoms with van der Waals surface area (Å²) in [6.07, 6.45) is 0. The van der Waals surface area contributed by atoms with Gasteiger partial charge >= 0.3 is 0 Å². The van der Waals surface area contributed by atoms with Crippen molar-refractivity contribution >= 4 is 39.8 Å². The number of carbonyl (C=O) groups excluding carboxylic acids is 1. The number of thiazole rings is 1. The van der Waals surface area contributed by atoms with Gasteiger partial charge in [0.1, 0.15) is 5.75 Å². The molecule has 1 amide bonds. The molecule has 0 spiro atoms. The summed E-state index contributed by atoms with van der Waals surface area (Å²) in [6.45, 7) is 3.24. The van der Waals surface area contributed by atoms with E-state index < -0.39 is 0 Å². The molecule has 0 radical (unpaired) electrons. The lowest BCUT2D eigenvalue weighted by Crippen LogP contribution is -2.15. The van der Waals surface area contributed by atoms with Crippen molar-refractivity contribution in [2.24, 2.45) is 0 Å². The van der Waals surface area contributed by atoms with Crippen LogP contribution >= 0.6 is 23.1 Å². The van der Waals surface area contributed by atoms with Crippen LogP contribution in [0.5, 0.6) is 5.75 Å². The second-order valence-corrected chi connectivity index (χ2v) is 8.77. The normalized spacial score (nSPS) is 10.7. The number of anilines is 2. The molecule has 2 N–H and O–H groups in total. The highest BCUT2D eigenvalue weighted by molar-refractivity contribution is 7.99. The Labute approximate surface area is 200 Å². The molecule has 8 nitrogen and oxygen atoms in total. The minimum atomic E-state index is -0.105. The van der Waals surface area contributed by atoms with Crippen molar-refractivity contribution in [2.45, 2.75) is 25.2 Å². The SMILES string of the molecule is CCn1c(CNc2nc(-c3ccccc3)cs2)nnc1SCC(=O)Nc1ccc(OC)cc1. The molecule has 0 unspecified atom stereocenters. The van der Waals surface area contributed by atoms with E-state index in [0.29, 0.717) is 18.2 Å². The fraction of sp³-hybridized carbons (Fsp3) is 0.217. The number of rotatable bonds is 10. The lowest BCUT2D eigenvalue weighted by molar-refractivity contribution is -0.113. The van der Waals surface area contributed by atoms with E-state index in [1.165, 1.54) is 11.8 Å². The van der Waals surface area contributed by atoms with Gasteiger partial charge in [0.05, 0.1) is 25.1 Å². The molecule has 0 aliphatic rings. The maximum absolute atomic E-state index is 12.3. The molecule has 33 heavy (non-hydrogen) atoms. The highest BCUT2D eigenvalue weighted by Crippen LogP contribution is 2.25. The van der Waals surface area contributed by atoms with Crippen LogP contribution in [0.3, 0.4) is 0 Å². The van der Waals surface area contributed by atoms with Gasteiger partial charge in [0.25, 0.3) is 0 Å². The largest absolute Gasteiger partial charge is 0.497 e. The first kappa shape index (κ1) is 22.8. The first-order valence-electron chi connectivity index (χ1n) is 10.4. The average molecular weight is 481 g/mol. The Morgan fingerprint density at radius 1 is 1.12 bits per heavy atom. The van der Waals surface area contributed by atoms with Crippen molar-refractivity contribution < 1.29 is 9.53 Å². The van der Waals surface area contributed by atoms with Crippen molar-refractivity contribution in [1.82, 2.24) is 19.7 Å². The first-order chi connectivity index (χ1) is 16.2. The molecule has 4 rings (SSSR count). The van der Waals surface area contributed by atoms with Crippen LogP contribution in [0, 0.1) is 0 Å². The lowest BCUT2D eigenvalue weighted by Gasteiger charge is -2.08. The maximum atomic E-state index is 12.3. The van der Waals surface area contributed by atoms with Gasteiger partial charge in [-0.2, -0.15) is 0 Å². The standard InChI is InChI=1S/C23H24N6O2S2/c1-3-29-20(13-24-22-26-19(14-32-22)16-7-5-4-6-8-16)27-28-23(29)33-15-21(30)25-17-9-11-18(31-2)12-10-17/h4-12,14H,3,13,15H2,1-2H3,(H,24,26)(H,25,30). The highest BCUT2D eigenvalue weighted by Gasteiger charge is 2.14. The van der Waals surface area contributed by atoms with Crippen molar-refractivity contribution in [3.8, 4) is 17.0 Å². The fourth-order valence-corrected chi connectivity index (χ4v) is 4.67. The van der Waals surface area contributed by atoms with E-state index in [2.05, 4.69) is 25.8 Å². The summed E-state index contributed by atoms with van der Waals surface area (Å²) in [5.41, 5.74) is 2.76. The van der Waals surface area contributed by atoms with Crippen molar-refractivity contribution in [1.29, 1.82) is 0 Å². The molecule has 2 aromatic carbocycles. The molecule has 170 valence electrons. The molecule has 0 atom stereocenters. The summed E-state index contributed by atoms with van der Waals surface area (Å²) in [7, 11) is 1.61. The third-order valence-corrected chi connectivity index (χ3v) is 6.55. The molecule has 2 aromatic heterocycles. The molecule has 0 aliphatic heterocycles. The number of benzene rings is 2. The molecule has 10 heteroatoms. The minimum absolute atomic E-state index is 0.105. The Kier molecular flexibility index (Phi) is 7.59. The van der Waals surface area contributed by atoms with Gasteiger partial charge in [0.2, 0.25) is 5.91 Å². The van der Waals surface area contributed by atoms with E-state index in [1.807, 2.05) is 59.3 Å². The number of ether oxygens (including phenoxy) is 1. The number of methoxy groups -OCH3 is 1. The van der Waals surface area contributed by atoms with Crippen molar-refractivity contribution in [2.75, 3.05) is 23.5 Å². The number of amides is 1. The summed E-state index contributed by atoms with van der Waals surface area (Å²) in [4.78, 5) is 17.0. The minimum Gasteiger partial charge on any atom is -0.497 e. The Hall–Kier alpha value is -3.37. The van der Waals surface area contributed by atoms with E-state index in [-0.39, 0.29) is 11.7 Å². The van der Waals surface area contributed by atoms with Crippen LogP contribution < -0.4 is 15.4 Å². The predicted molar refractivity (Wildman–Crippen MR) is 133 cm³/mol. The smallest absolute Gasteiger partial charge is 0.234 e. The quantitative estimate of drug-likeness (QED) is 0.316. The van der Waals surface area contributed by atoms with Crippen LogP contribution in [0.4, 0.5) is 10.8 Å². The zero-order chi connectivity index (χ0) is 23.0. The van der Waals surface area contributed by atoms with Gasteiger partial charge in [-0.3, -0.25) is 4.79 Å². The van der Waals surface area contributed by atoms with E-state index in [1.54, 1.807) is 30.6 Å². The van der Waals surface area contributed by atoms with Gasteiger partial charge in [0.15, 0.2) is 16.1 Å². The van der Waals surface area contributed by atoms with Crippen LogP contribution in [-0.4, -0.2) is 38.5 Å². The third-order valence-electron chi connectivity index (χ3n) is 4.79. The van der Waals surface area contributed by atoms with Gasteiger partial charge in [-0.25, -0.2) is 4.98 Å². The van der Waals surface area contributed by atoms with Gasteiger partial charge in [0, 0.05) is 23.2 Å². The van der Waals surface area contributed by atoms with Gasteiger partial charge in [-0.1, -0.05) is 42.1 Å². The molecule has 0 aliphatic carbocycles. The molecule has 0 bridgehead atoms. The van der Waals surface area contributed by atoms with Crippen LogP contribution in [0.25, 0.3) is 11.3 Å². The van der Waals surface area contributed by atoms with Gasteiger partial charge < -0.3 is 19.9 Å². The average Bonchev–Trinajstić information content (AvgIpc) is 3.49. The Morgan fingerprint density at radius 3 is 2.64 bits per heavy atom. The zero-order valence-corrected chi connectivity index (χ0v) is 19.9. The second kappa shape index (κ2) is 11.0. The fourth-order valence-electron chi connectivity index (χ4n) is 3.13. The number of nitrogens with one attached hydrogen (secondary N) is 2. The molecular weight excluding hydrogens is 456 g/mol. The Morgan fingerprint density at radius 2 is 1.91 bits per heavy atom. The molecule has 4 aromatic rings. The molecule has 2 heterocycles. The maximum Gasteiger partial charge on any atom is 0.234 e. The number of hydrogen-bond acceptors (Lipinski definition) is 8. The van der Waals surface area contributed by atoms with Gasteiger partial charge in [-0.15, -0.1) is 21.5 Å². The van der Waals surface area contributed by atoms with E-state index >= 15 is 0 Å². The summed E-state index contributed by atoms with van der Waals surface area (Å²) in [6, 6.07) is 17.3. The number of nitrogens with zero attached hydrogens (tertiary/aromatic N) is 4. The lowest BCUT2D eigenvalue weighted by atomic mass is 10.2. The summed E-state index contributed by atoms with van der Waals surface area (Å²) in [5, 5.41) is 18.4. The number of hydrogen-bond donors (Lipinski definition) is 2. The second-order valence-electron chi connectivity index (χ2n) is 6.97. The van der Waals surface area contributed by atoms with Crippen LogP contribution in [0.15, 0.2) is 65.1 Å². The zero-order valence-electron chi connectivity index (χ0n) is 18.3. The summed E-state index contributed by atoms with van der Waals surface area (Å²) in [5.74, 6) is 1.68. The Bertz CT molecular complexity index is 1190. The summed E-state index contributed by atoms with van der Waals surface area (Å²) < 4.78 is 7.14. The van der Waals surface area contributed by atoms with Crippen LogP contribution in [-0.2, 0) is 17.9 Å². The number of aromatic nitrogens is 4.